The number of benzene rings is 2. The van der Waals surface area contributed by atoms with Gasteiger partial charge in [-0.1, -0.05) is 43.3 Å². The number of nitrogens with one attached hydrogen (secondary N) is 2. The molecule has 0 radical (unpaired) electrons. The van der Waals surface area contributed by atoms with E-state index in [9.17, 15) is 13.2 Å². The third kappa shape index (κ3) is 8.42. The average Bonchev–Trinajstić information content (AvgIpc) is 2.69. The van der Waals surface area contributed by atoms with Crippen molar-refractivity contribution in [2.45, 2.75) is 45.5 Å². The van der Waals surface area contributed by atoms with Crippen molar-refractivity contribution in [3.63, 3.8) is 0 Å². The molecular formula is C22H30N2O5S. The molecule has 7 nitrogen and oxygen atoms in total. The van der Waals surface area contributed by atoms with Crippen LogP contribution in [-0.4, -0.2) is 33.6 Å². The molecule has 0 atom stereocenters. The molecule has 0 aromatic heterocycles. The number of carbonyl (C=O) groups is 1. The van der Waals surface area contributed by atoms with Crippen LogP contribution in [0.3, 0.4) is 0 Å². The molecule has 30 heavy (non-hydrogen) atoms. The van der Waals surface area contributed by atoms with Crippen molar-refractivity contribution in [1.29, 1.82) is 0 Å². The second kappa shape index (κ2) is 11.6. The fourth-order valence-electron chi connectivity index (χ4n) is 2.67. The summed E-state index contributed by atoms with van der Waals surface area (Å²) >= 11 is 0. The van der Waals surface area contributed by atoms with Gasteiger partial charge in [0.25, 0.3) is 5.91 Å². The third-order valence-corrected chi connectivity index (χ3v) is 5.50. The van der Waals surface area contributed by atoms with Gasteiger partial charge in [0.05, 0.1) is 12.4 Å². The van der Waals surface area contributed by atoms with Gasteiger partial charge in [-0.15, -0.1) is 0 Å². The highest BCUT2D eigenvalue weighted by Crippen LogP contribution is 2.26. The zero-order chi connectivity index (χ0) is 22.0. The van der Waals surface area contributed by atoms with E-state index in [4.69, 9.17) is 9.47 Å². The lowest BCUT2D eigenvalue weighted by Gasteiger charge is -2.12. The largest absolute Gasteiger partial charge is 0.490 e. The molecule has 0 bridgehead atoms. The molecule has 2 N–H and O–H groups in total. The van der Waals surface area contributed by atoms with E-state index in [-0.39, 0.29) is 24.3 Å². The molecule has 8 heteroatoms. The fourth-order valence-corrected chi connectivity index (χ4v) is 4.10. The van der Waals surface area contributed by atoms with Crippen LogP contribution in [0.5, 0.6) is 11.5 Å². The Kier molecular flexibility index (Phi) is 9.14. The lowest BCUT2D eigenvalue weighted by Crippen LogP contribution is -2.31. The summed E-state index contributed by atoms with van der Waals surface area (Å²) in [5, 5.41) is 2.79. The van der Waals surface area contributed by atoms with E-state index in [1.807, 2.05) is 19.1 Å². The molecule has 2 rings (SSSR count). The maximum absolute atomic E-state index is 12.1. The van der Waals surface area contributed by atoms with E-state index in [2.05, 4.69) is 10.0 Å². The van der Waals surface area contributed by atoms with Crippen LogP contribution in [0, 0.1) is 0 Å². The molecule has 0 aliphatic carbocycles. The maximum atomic E-state index is 12.1. The molecule has 0 aliphatic rings. The lowest BCUT2D eigenvalue weighted by atomic mass is 10.1. The molecule has 2 aromatic rings. The van der Waals surface area contributed by atoms with Crippen molar-refractivity contribution in [1.82, 2.24) is 10.0 Å². The first kappa shape index (κ1) is 23.7. The molecule has 1 amide bonds. The molecule has 0 saturated carbocycles. The third-order valence-electron chi connectivity index (χ3n) is 3.95. The molecule has 0 spiro atoms. The Bertz CT molecular complexity index is 911. The van der Waals surface area contributed by atoms with Crippen molar-refractivity contribution >= 4 is 15.9 Å². The Morgan fingerprint density at radius 2 is 1.57 bits per heavy atom. The lowest BCUT2D eigenvalue weighted by molar-refractivity contribution is -0.123. The zero-order valence-electron chi connectivity index (χ0n) is 17.7. The molecule has 0 heterocycles. The van der Waals surface area contributed by atoms with E-state index in [0.29, 0.717) is 30.2 Å². The number of hydrogen-bond donors (Lipinski definition) is 2. The summed E-state index contributed by atoms with van der Waals surface area (Å²) in [5.74, 6) is 0.810. The molecule has 0 saturated heterocycles. The van der Waals surface area contributed by atoms with Gasteiger partial charge in [-0.3, -0.25) is 4.79 Å². The van der Waals surface area contributed by atoms with Gasteiger partial charge in [-0.25, -0.2) is 13.1 Å². The molecule has 2 aromatic carbocycles. The smallest absolute Gasteiger partial charge is 0.258 e. The Balaban J connectivity index is 1.81. The first-order valence-corrected chi connectivity index (χ1v) is 11.6. The fraction of sp³-hybridized carbons (Fsp3) is 0.409. The van der Waals surface area contributed by atoms with Crippen LogP contribution in [0.1, 0.15) is 38.3 Å². The highest BCUT2D eigenvalue weighted by atomic mass is 32.2. The number of sulfonamides is 1. The summed E-state index contributed by atoms with van der Waals surface area (Å²) in [7, 11) is -3.36. The zero-order valence-corrected chi connectivity index (χ0v) is 18.5. The Labute approximate surface area is 178 Å². The number of rotatable bonds is 12. The first-order chi connectivity index (χ1) is 14.3. The standard InChI is InChI=1S/C22H30N2O5S/c1-4-13-28-20-7-5-6-8-21(20)29-15-22(25)23-14-18-9-11-19(12-10-18)16-30(26,27)24-17(2)3/h5-12,17,24H,4,13-16H2,1-3H3,(H,23,25). The van der Waals surface area contributed by atoms with Crippen molar-refractivity contribution in [3.05, 3.63) is 59.7 Å². The Morgan fingerprint density at radius 3 is 2.17 bits per heavy atom. The minimum absolute atomic E-state index is 0.0782. The van der Waals surface area contributed by atoms with Gasteiger partial charge in [0.15, 0.2) is 18.1 Å². The van der Waals surface area contributed by atoms with Gasteiger partial charge < -0.3 is 14.8 Å². The van der Waals surface area contributed by atoms with Gasteiger partial charge in [-0.05, 0) is 43.5 Å². The predicted octanol–water partition coefficient (Wildman–Crippen LogP) is 3.00. The number of amides is 1. The molecular weight excluding hydrogens is 404 g/mol. The van der Waals surface area contributed by atoms with Gasteiger partial charge in [0.2, 0.25) is 10.0 Å². The van der Waals surface area contributed by atoms with Crippen LogP contribution < -0.4 is 19.5 Å². The average molecular weight is 435 g/mol. The Hall–Kier alpha value is -2.58. The van der Waals surface area contributed by atoms with E-state index < -0.39 is 10.0 Å². The number of ether oxygens (including phenoxy) is 2. The summed E-state index contributed by atoms with van der Waals surface area (Å²) in [6, 6.07) is 14.2. The quantitative estimate of drug-likeness (QED) is 0.536. The summed E-state index contributed by atoms with van der Waals surface area (Å²) in [5.41, 5.74) is 1.55. The van der Waals surface area contributed by atoms with Gasteiger partial charge in [0.1, 0.15) is 0 Å². The molecule has 0 unspecified atom stereocenters. The summed E-state index contributed by atoms with van der Waals surface area (Å²) in [4.78, 5) is 12.1. The normalized spacial score (nSPS) is 11.3. The predicted molar refractivity (Wildman–Crippen MR) is 117 cm³/mol. The molecule has 164 valence electrons. The van der Waals surface area contributed by atoms with Crippen LogP contribution in [0.4, 0.5) is 0 Å². The monoisotopic (exact) mass is 434 g/mol. The van der Waals surface area contributed by atoms with Gasteiger partial charge in [0, 0.05) is 12.6 Å². The summed E-state index contributed by atoms with van der Waals surface area (Å²) in [6.07, 6.45) is 0.883. The molecule has 0 aliphatic heterocycles. The summed E-state index contributed by atoms with van der Waals surface area (Å²) < 4.78 is 37.7. The highest BCUT2D eigenvalue weighted by Gasteiger charge is 2.13. The van der Waals surface area contributed by atoms with E-state index in [1.165, 1.54) is 0 Å². The minimum atomic E-state index is -3.36. The van der Waals surface area contributed by atoms with Gasteiger partial charge in [-0.2, -0.15) is 0 Å². The van der Waals surface area contributed by atoms with E-state index >= 15 is 0 Å². The van der Waals surface area contributed by atoms with Gasteiger partial charge >= 0.3 is 0 Å². The number of para-hydroxylation sites is 2. The SMILES string of the molecule is CCCOc1ccccc1OCC(=O)NCc1ccc(CS(=O)(=O)NC(C)C)cc1. The topological polar surface area (TPSA) is 93.7 Å². The van der Waals surface area contributed by atoms with Crippen LogP contribution in [0.2, 0.25) is 0 Å². The van der Waals surface area contributed by atoms with Crippen molar-refractivity contribution in [3.8, 4) is 11.5 Å². The maximum Gasteiger partial charge on any atom is 0.258 e. The number of carbonyl (C=O) groups excluding carboxylic acids is 1. The minimum Gasteiger partial charge on any atom is -0.490 e. The van der Waals surface area contributed by atoms with Crippen molar-refractivity contribution in [2.24, 2.45) is 0 Å². The van der Waals surface area contributed by atoms with Crippen LogP contribution in [-0.2, 0) is 27.1 Å². The highest BCUT2D eigenvalue weighted by molar-refractivity contribution is 7.88. The second-order valence-corrected chi connectivity index (χ2v) is 8.96. The number of hydrogen-bond acceptors (Lipinski definition) is 5. The van der Waals surface area contributed by atoms with E-state index in [1.54, 1.807) is 50.2 Å². The van der Waals surface area contributed by atoms with Crippen LogP contribution in [0.15, 0.2) is 48.5 Å². The van der Waals surface area contributed by atoms with Crippen molar-refractivity contribution in [2.75, 3.05) is 13.2 Å². The van der Waals surface area contributed by atoms with Crippen LogP contribution >= 0.6 is 0 Å². The van der Waals surface area contributed by atoms with E-state index in [0.717, 1.165) is 12.0 Å². The second-order valence-electron chi connectivity index (χ2n) is 7.21. The van der Waals surface area contributed by atoms with Crippen molar-refractivity contribution < 1.29 is 22.7 Å². The molecule has 0 fully saturated rings. The summed E-state index contributed by atoms with van der Waals surface area (Å²) in [6.45, 7) is 6.37. The van der Waals surface area contributed by atoms with Crippen LogP contribution in [0.25, 0.3) is 0 Å². The first-order valence-electron chi connectivity index (χ1n) is 9.98. The Morgan fingerprint density at radius 1 is 0.967 bits per heavy atom.